The van der Waals surface area contributed by atoms with E-state index < -0.39 is 43.0 Å². The van der Waals surface area contributed by atoms with E-state index in [9.17, 15) is 22.8 Å². The van der Waals surface area contributed by atoms with Crippen molar-refractivity contribution in [2.75, 3.05) is 26.9 Å². The molecule has 0 radical (unpaired) electrons. The Morgan fingerprint density at radius 2 is 2.05 bits per heavy atom. The summed E-state index contributed by atoms with van der Waals surface area (Å²) in [5, 5.41) is 11.1. The van der Waals surface area contributed by atoms with Crippen molar-refractivity contribution in [3.63, 3.8) is 0 Å². The first-order chi connectivity index (χ1) is 8.75. The molecule has 0 aromatic heterocycles. The molecule has 1 aliphatic rings. The SMILES string of the molecule is COCNC(=O)C1CC(C(F)(F)F)CN(C(=O)O)C1. The van der Waals surface area contributed by atoms with Gasteiger partial charge in [0.1, 0.15) is 6.73 Å². The number of alkyl halides is 3. The number of rotatable bonds is 3. The van der Waals surface area contributed by atoms with E-state index in [1.165, 1.54) is 7.11 Å². The van der Waals surface area contributed by atoms with E-state index in [-0.39, 0.29) is 13.3 Å². The largest absolute Gasteiger partial charge is 0.465 e. The summed E-state index contributed by atoms with van der Waals surface area (Å²) in [6.07, 6.45) is -6.39. The third-order valence-electron chi connectivity index (χ3n) is 2.95. The zero-order valence-electron chi connectivity index (χ0n) is 10.2. The minimum absolute atomic E-state index is 0.126. The van der Waals surface area contributed by atoms with Crippen LogP contribution < -0.4 is 5.32 Å². The number of carboxylic acid groups (broad SMARTS) is 1. The fourth-order valence-corrected chi connectivity index (χ4v) is 1.97. The van der Waals surface area contributed by atoms with E-state index in [1.54, 1.807) is 0 Å². The van der Waals surface area contributed by atoms with Gasteiger partial charge in [-0.3, -0.25) is 4.79 Å². The summed E-state index contributed by atoms with van der Waals surface area (Å²) in [5.74, 6) is -3.48. The number of halogens is 3. The number of amides is 2. The van der Waals surface area contributed by atoms with Gasteiger partial charge in [0.15, 0.2) is 0 Å². The predicted octanol–water partition coefficient (Wildman–Crippen LogP) is 0.885. The fraction of sp³-hybridized carbons (Fsp3) is 0.800. The number of likely N-dealkylation sites (tertiary alicyclic amines) is 1. The molecule has 2 unspecified atom stereocenters. The molecule has 0 aromatic rings. The third kappa shape index (κ3) is 4.27. The number of carbonyl (C=O) groups excluding carboxylic acids is 1. The topological polar surface area (TPSA) is 78.9 Å². The highest BCUT2D eigenvalue weighted by atomic mass is 19.4. The van der Waals surface area contributed by atoms with Gasteiger partial charge in [0.2, 0.25) is 5.91 Å². The molecule has 1 fully saturated rings. The second-order valence-electron chi connectivity index (χ2n) is 4.33. The fourth-order valence-electron chi connectivity index (χ4n) is 1.97. The predicted molar refractivity (Wildman–Crippen MR) is 57.3 cm³/mol. The van der Waals surface area contributed by atoms with Crippen LogP contribution in [0, 0.1) is 11.8 Å². The molecule has 19 heavy (non-hydrogen) atoms. The molecule has 0 bridgehead atoms. The van der Waals surface area contributed by atoms with Crippen LogP contribution in [0.5, 0.6) is 0 Å². The summed E-state index contributed by atoms with van der Waals surface area (Å²) in [7, 11) is 1.32. The number of nitrogens with zero attached hydrogens (tertiary/aromatic N) is 1. The van der Waals surface area contributed by atoms with Gasteiger partial charge in [0.25, 0.3) is 0 Å². The summed E-state index contributed by atoms with van der Waals surface area (Å²) >= 11 is 0. The van der Waals surface area contributed by atoms with Gasteiger partial charge in [0.05, 0.1) is 11.8 Å². The van der Waals surface area contributed by atoms with Gasteiger partial charge >= 0.3 is 12.3 Å². The highest BCUT2D eigenvalue weighted by Crippen LogP contribution is 2.35. The Morgan fingerprint density at radius 3 is 2.53 bits per heavy atom. The van der Waals surface area contributed by atoms with Crippen molar-refractivity contribution in [1.29, 1.82) is 0 Å². The van der Waals surface area contributed by atoms with Gasteiger partial charge in [-0.05, 0) is 6.42 Å². The molecule has 0 aromatic carbocycles. The van der Waals surface area contributed by atoms with Crippen LogP contribution in [0.15, 0.2) is 0 Å². The minimum atomic E-state index is -4.52. The maximum Gasteiger partial charge on any atom is 0.407 e. The molecule has 1 heterocycles. The highest BCUT2D eigenvalue weighted by molar-refractivity contribution is 5.79. The van der Waals surface area contributed by atoms with E-state index in [0.29, 0.717) is 4.90 Å². The van der Waals surface area contributed by atoms with Crippen LogP contribution in [-0.4, -0.2) is 55.1 Å². The number of ether oxygens (including phenoxy) is 1. The van der Waals surface area contributed by atoms with Crippen LogP contribution in [0.2, 0.25) is 0 Å². The van der Waals surface area contributed by atoms with E-state index >= 15 is 0 Å². The summed E-state index contributed by atoms with van der Waals surface area (Å²) in [5.41, 5.74) is 0. The van der Waals surface area contributed by atoms with Crippen LogP contribution in [-0.2, 0) is 9.53 Å². The molecule has 0 aliphatic carbocycles. The summed E-state index contributed by atoms with van der Waals surface area (Å²) in [6, 6.07) is 0. The normalized spacial score (nSPS) is 24.1. The molecule has 110 valence electrons. The summed E-state index contributed by atoms with van der Waals surface area (Å²) in [6.45, 7) is -0.997. The van der Waals surface area contributed by atoms with Crippen LogP contribution in [0.25, 0.3) is 0 Å². The van der Waals surface area contributed by atoms with Gasteiger partial charge in [-0.2, -0.15) is 13.2 Å². The second kappa shape index (κ2) is 6.09. The van der Waals surface area contributed by atoms with E-state index in [1.807, 2.05) is 0 Å². The first kappa shape index (κ1) is 15.5. The van der Waals surface area contributed by atoms with Gasteiger partial charge in [-0.25, -0.2) is 4.79 Å². The molecular formula is C10H15F3N2O4. The maximum atomic E-state index is 12.7. The molecule has 2 N–H and O–H groups in total. The minimum Gasteiger partial charge on any atom is -0.465 e. The molecular weight excluding hydrogens is 269 g/mol. The number of piperidine rings is 1. The number of carbonyl (C=O) groups is 2. The molecule has 2 amide bonds. The van der Waals surface area contributed by atoms with Crippen molar-refractivity contribution in [3.8, 4) is 0 Å². The van der Waals surface area contributed by atoms with E-state index in [2.05, 4.69) is 10.1 Å². The van der Waals surface area contributed by atoms with Gasteiger partial charge in [0, 0.05) is 20.2 Å². The molecule has 6 nitrogen and oxygen atoms in total. The second-order valence-corrected chi connectivity index (χ2v) is 4.33. The van der Waals surface area contributed by atoms with Crippen LogP contribution in [0.4, 0.5) is 18.0 Å². The van der Waals surface area contributed by atoms with Crippen molar-refractivity contribution in [3.05, 3.63) is 0 Å². The van der Waals surface area contributed by atoms with Crippen molar-refractivity contribution < 1.29 is 32.6 Å². The Hall–Kier alpha value is -1.51. The number of hydrogen-bond donors (Lipinski definition) is 2. The Kier molecular flexibility index (Phi) is 4.98. The summed E-state index contributed by atoms with van der Waals surface area (Å²) < 4.78 is 42.7. The molecule has 2 atom stereocenters. The lowest BCUT2D eigenvalue weighted by molar-refractivity contribution is -0.189. The van der Waals surface area contributed by atoms with Crippen LogP contribution >= 0.6 is 0 Å². The molecule has 1 saturated heterocycles. The van der Waals surface area contributed by atoms with Gasteiger partial charge in [-0.15, -0.1) is 0 Å². The summed E-state index contributed by atoms with van der Waals surface area (Å²) in [4.78, 5) is 23.1. The van der Waals surface area contributed by atoms with Crippen LogP contribution in [0.3, 0.4) is 0 Å². The zero-order chi connectivity index (χ0) is 14.6. The molecule has 0 spiro atoms. The number of methoxy groups -OCH3 is 1. The average Bonchev–Trinajstić information content (AvgIpc) is 2.34. The standard InChI is InChI=1S/C10H15F3N2O4/c1-19-5-14-8(16)6-2-7(10(11,12)13)4-15(3-6)9(17)18/h6-7H,2-5H2,1H3,(H,14,16)(H,17,18). The van der Waals surface area contributed by atoms with E-state index in [0.717, 1.165) is 0 Å². The van der Waals surface area contributed by atoms with Crippen molar-refractivity contribution >= 4 is 12.0 Å². The average molecular weight is 284 g/mol. The first-order valence-corrected chi connectivity index (χ1v) is 5.57. The Balaban J connectivity index is 2.76. The number of nitrogens with one attached hydrogen (secondary N) is 1. The monoisotopic (exact) mass is 284 g/mol. The molecule has 0 saturated carbocycles. The Bertz CT molecular complexity index is 348. The third-order valence-corrected chi connectivity index (χ3v) is 2.95. The van der Waals surface area contributed by atoms with Crippen molar-refractivity contribution in [2.45, 2.75) is 12.6 Å². The number of hydrogen-bond acceptors (Lipinski definition) is 3. The Morgan fingerprint density at radius 1 is 1.42 bits per heavy atom. The lowest BCUT2D eigenvalue weighted by Gasteiger charge is -2.36. The molecule has 1 aliphatic heterocycles. The molecule has 9 heteroatoms. The van der Waals surface area contributed by atoms with Crippen LogP contribution in [0.1, 0.15) is 6.42 Å². The van der Waals surface area contributed by atoms with Crippen molar-refractivity contribution in [1.82, 2.24) is 10.2 Å². The Labute approximate surface area is 107 Å². The zero-order valence-corrected chi connectivity index (χ0v) is 10.2. The first-order valence-electron chi connectivity index (χ1n) is 5.57. The molecule has 1 rings (SSSR count). The van der Waals surface area contributed by atoms with E-state index in [4.69, 9.17) is 5.11 Å². The lowest BCUT2D eigenvalue weighted by Crippen LogP contribution is -2.51. The van der Waals surface area contributed by atoms with Gasteiger partial charge < -0.3 is 20.1 Å². The smallest absolute Gasteiger partial charge is 0.407 e. The van der Waals surface area contributed by atoms with Gasteiger partial charge in [-0.1, -0.05) is 0 Å². The lowest BCUT2D eigenvalue weighted by atomic mass is 9.88. The quantitative estimate of drug-likeness (QED) is 0.754. The highest BCUT2D eigenvalue weighted by Gasteiger charge is 2.46. The maximum absolute atomic E-state index is 12.7. The van der Waals surface area contributed by atoms with Crippen molar-refractivity contribution in [2.24, 2.45) is 11.8 Å².